The summed E-state index contributed by atoms with van der Waals surface area (Å²) in [6, 6.07) is 4.47. The van der Waals surface area contributed by atoms with E-state index in [1.165, 1.54) is 0 Å². The summed E-state index contributed by atoms with van der Waals surface area (Å²) in [6.07, 6.45) is 2.38. The molecule has 1 heterocycles. The third-order valence-corrected chi connectivity index (χ3v) is 6.60. The Morgan fingerprint density at radius 3 is 2.67 bits per heavy atom. The maximum Gasteiger partial charge on any atom is 0.251 e. The van der Waals surface area contributed by atoms with Gasteiger partial charge in [-0.25, -0.2) is 0 Å². The Labute approximate surface area is 189 Å². The summed E-state index contributed by atoms with van der Waals surface area (Å²) in [5.41, 5.74) is 6.22. The van der Waals surface area contributed by atoms with E-state index in [0.717, 1.165) is 19.4 Å². The van der Waals surface area contributed by atoms with Gasteiger partial charge in [0.05, 0.1) is 16.1 Å². The molecule has 0 aliphatic carbocycles. The molecule has 0 saturated carbocycles. The lowest BCUT2D eigenvalue weighted by Crippen LogP contribution is -2.50. The predicted octanol–water partition coefficient (Wildman–Crippen LogP) is 3.31. The van der Waals surface area contributed by atoms with Gasteiger partial charge in [0.25, 0.3) is 5.91 Å². The van der Waals surface area contributed by atoms with Crippen molar-refractivity contribution in [1.82, 2.24) is 15.5 Å². The molecule has 1 aliphatic heterocycles. The summed E-state index contributed by atoms with van der Waals surface area (Å²) < 4.78 is 0. The fourth-order valence-corrected chi connectivity index (χ4v) is 4.14. The minimum Gasteiger partial charge on any atom is -0.350 e. The van der Waals surface area contributed by atoms with Crippen LogP contribution in [0.25, 0.3) is 0 Å². The van der Waals surface area contributed by atoms with Gasteiger partial charge in [0.15, 0.2) is 0 Å². The summed E-state index contributed by atoms with van der Waals surface area (Å²) in [5.74, 6) is 0.883. The number of carbonyl (C=O) groups is 2. The summed E-state index contributed by atoms with van der Waals surface area (Å²) >= 11 is 11.9. The minimum atomic E-state index is -0.325. The van der Waals surface area contributed by atoms with Crippen LogP contribution < -0.4 is 16.4 Å². The topological polar surface area (TPSA) is 87.5 Å². The van der Waals surface area contributed by atoms with Gasteiger partial charge in [0, 0.05) is 31.2 Å². The van der Waals surface area contributed by atoms with Crippen molar-refractivity contribution in [2.75, 3.05) is 26.2 Å². The van der Waals surface area contributed by atoms with Gasteiger partial charge in [-0.3, -0.25) is 9.59 Å². The maximum absolute atomic E-state index is 13.1. The molecule has 4 N–H and O–H groups in total. The Morgan fingerprint density at radius 2 is 2.07 bits per heavy atom. The van der Waals surface area contributed by atoms with Crippen LogP contribution in [0.3, 0.4) is 0 Å². The predicted molar refractivity (Wildman–Crippen MR) is 123 cm³/mol. The van der Waals surface area contributed by atoms with Crippen LogP contribution in [0.5, 0.6) is 0 Å². The molecule has 0 aromatic heterocycles. The van der Waals surface area contributed by atoms with Gasteiger partial charge in [0.2, 0.25) is 5.91 Å². The van der Waals surface area contributed by atoms with E-state index in [1.54, 1.807) is 18.2 Å². The third kappa shape index (κ3) is 6.84. The van der Waals surface area contributed by atoms with E-state index in [1.807, 2.05) is 4.90 Å². The first-order chi connectivity index (χ1) is 14.3. The molecule has 30 heavy (non-hydrogen) atoms. The van der Waals surface area contributed by atoms with E-state index in [9.17, 15) is 9.59 Å². The quantitative estimate of drug-likeness (QED) is 0.531. The average molecular weight is 457 g/mol. The van der Waals surface area contributed by atoms with E-state index >= 15 is 0 Å². The minimum absolute atomic E-state index is 0.0126. The second kappa shape index (κ2) is 11.9. The molecule has 6 nitrogen and oxygen atoms in total. The number of nitrogens with zero attached hydrogens (tertiary/aromatic N) is 1. The molecule has 3 atom stereocenters. The lowest BCUT2D eigenvalue weighted by Gasteiger charge is -2.30. The normalized spacial score (nSPS) is 20.9. The monoisotopic (exact) mass is 456 g/mol. The van der Waals surface area contributed by atoms with Crippen molar-refractivity contribution in [3.05, 3.63) is 33.8 Å². The molecule has 2 amide bonds. The first-order valence-electron chi connectivity index (χ1n) is 10.7. The number of amides is 2. The molecule has 1 saturated heterocycles. The molecule has 1 fully saturated rings. The number of hydrogen-bond acceptors (Lipinski definition) is 4. The van der Waals surface area contributed by atoms with Crippen molar-refractivity contribution >= 4 is 35.0 Å². The number of nitrogens with one attached hydrogen (secondary N) is 2. The zero-order chi connectivity index (χ0) is 22.3. The van der Waals surface area contributed by atoms with Crippen LogP contribution in [-0.2, 0) is 4.79 Å². The first-order valence-corrected chi connectivity index (χ1v) is 11.5. The van der Waals surface area contributed by atoms with Gasteiger partial charge in [-0.2, -0.15) is 0 Å². The van der Waals surface area contributed by atoms with Gasteiger partial charge in [-0.05, 0) is 49.4 Å². The van der Waals surface area contributed by atoms with Gasteiger partial charge in [-0.15, -0.1) is 0 Å². The summed E-state index contributed by atoms with van der Waals surface area (Å²) in [5, 5.41) is 7.11. The van der Waals surface area contributed by atoms with Crippen LogP contribution in [0.15, 0.2) is 18.2 Å². The molecule has 1 aromatic rings. The van der Waals surface area contributed by atoms with Gasteiger partial charge >= 0.3 is 0 Å². The Kier molecular flexibility index (Phi) is 9.88. The Morgan fingerprint density at radius 1 is 1.33 bits per heavy atom. The molecular formula is C22H34Cl2N4O2. The number of carbonyl (C=O) groups excluding carboxylic acids is 2. The van der Waals surface area contributed by atoms with Gasteiger partial charge in [-0.1, -0.05) is 50.4 Å². The fraction of sp³-hybridized carbons (Fsp3) is 0.636. The van der Waals surface area contributed by atoms with Crippen LogP contribution in [0.4, 0.5) is 0 Å². The third-order valence-electron chi connectivity index (χ3n) is 5.86. The van der Waals surface area contributed by atoms with Crippen LogP contribution in [0.2, 0.25) is 10.0 Å². The molecule has 0 unspecified atom stereocenters. The highest BCUT2D eigenvalue weighted by Crippen LogP contribution is 2.23. The molecule has 2 rings (SSSR count). The first kappa shape index (κ1) is 24.9. The van der Waals surface area contributed by atoms with Gasteiger partial charge < -0.3 is 21.3 Å². The molecule has 168 valence electrons. The second-order valence-electron chi connectivity index (χ2n) is 8.32. The summed E-state index contributed by atoms with van der Waals surface area (Å²) in [6.45, 7) is 8.86. The fourth-order valence-electron chi connectivity index (χ4n) is 3.85. The average Bonchev–Trinajstić information content (AvgIpc) is 2.85. The molecule has 1 aliphatic rings. The largest absolute Gasteiger partial charge is 0.350 e. The van der Waals surface area contributed by atoms with E-state index in [2.05, 4.69) is 31.4 Å². The number of benzene rings is 1. The lowest BCUT2D eigenvalue weighted by molar-refractivity contribution is -0.133. The molecule has 0 radical (unpaired) electrons. The van der Waals surface area contributed by atoms with Crippen molar-refractivity contribution < 1.29 is 9.59 Å². The van der Waals surface area contributed by atoms with Crippen LogP contribution in [-0.4, -0.2) is 55.0 Å². The Bertz CT molecular complexity index is 729. The molecule has 1 aromatic carbocycles. The van der Waals surface area contributed by atoms with Crippen LogP contribution in [0, 0.1) is 11.8 Å². The Hall–Kier alpha value is -1.34. The summed E-state index contributed by atoms with van der Waals surface area (Å²) in [7, 11) is 0. The number of rotatable bonds is 9. The highest BCUT2D eigenvalue weighted by atomic mass is 35.5. The second-order valence-corrected chi connectivity index (χ2v) is 9.13. The molecule has 0 bridgehead atoms. The van der Waals surface area contributed by atoms with E-state index in [-0.39, 0.29) is 23.9 Å². The molecule has 0 spiro atoms. The van der Waals surface area contributed by atoms with E-state index in [0.29, 0.717) is 53.5 Å². The van der Waals surface area contributed by atoms with E-state index < -0.39 is 0 Å². The Balaban J connectivity index is 2.02. The van der Waals surface area contributed by atoms with Crippen molar-refractivity contribution in [2.24, 2.45) is 17.6 Å². The van der Waals surface area contributed by atoms with E-state index in [4.69, 9.17) is 28.9 Å². The lowest BCUT2D eigenvalue weighted by atomic mass is 9.92. The van der Waals surface area contributed by atoms with Crippen LogP contribution in [0.1, 0.15) is 50.4 Å². The molecule has 8 heteroatoms. The highest BCUT2D eigenvalue weighted by molar-refractivity contribution is 6.42. The number of hydrogen-bond donors (Lipinski definition) is 3. The zero-order valence-corrected chi connectivity index (χ0v) is 19.6. The number of halogens is 2. The highest BCUT2D eigenvalue weighted by Gasteiger charge is 2.31. The number of nitrogens with two attached hydrogens (primary N) is 1. The maximum atomic E-state index is 13.1. The molecular weight excluding hydrogens is 423 g/mol. The summed E-state index contributed by atoms with van der Waals surface area (Å²) in [4.78, 5) is 27.5. The standard InChI is InChI=1S/C22H34Cl2N4O2/c1-4-15(14(2)3)13-28-10-8-17(27-20(7-9-25)22(28)30)12-26-21(29)16-5-6-18(23)19(24)11-16/h5-6,11,14-15,17,20,27H,4,7-10,12-13,25H2,1-3H3,(H,26,29)/t15-,17+,20+/m0/s1. The smallest absolute Gasteiger partial charge is 0.251 e. The van der Waals surface area contributed by atoms with Crippen LogP contribution >= 0.6 is 23.2 Å². The van der Waals surface area contributed by atoms with Crippen molar-refractivity contribution in [2.45, 2.75) is 52.1 Å². The van der Waals surface area contributed by atoms with Crippen molar-refractivity contribution in [3.63, 3.8) is 0 Å². The van der Waals surface area contributed by atoms with Gasteiger partial charge in [0.1, 0.15) is 0 Å². The SMILES string of the molecule is CC[C@@H](CN1CC[C@H](CNC(=O)c2ccc(Cl)c(Cl)c2)N[C@H](CCN)C1=O)C(C)C. The van der Waals surface area contributed by atoms with Crippen molar-refractivity contribution in [1.29, 1.82) is 0 Å². The zero-order valence-electron chi connectivity index (χ0n) is 18.1. The van der Waals surface area contributed by atoms with Crippen molar-refractivity contribution in [3.8, 4) is 0 Å².